The van der Waals surface area contributed by atoms with Gasteiger partial charge in [-0.1, -0.05) is 18.2 Å². The van der Waals surface area contributed by atoms with Gasteiger partial charge in [-0.2, -0.15) is 11.8 Å². The van der Waals surface area contributed by atoms with Crippen molar-refractivity contribution in [2.24, 2.45) is 11.8 Å². The van der Waals surface area contributed by atoms with Crippen LogP contribution < -0.4 is 10.6 Å². The minimum absolute atomic E-state index is 0.0222. The van der Waals surface area contributed by atoms with E-state index in [1.807, 2.05) is 62.9 Å². The second-order valence-electron chi connectivity index (χ2n) is 11.8. The lowest BCUT2D eigenvalue weighted by Gasteiger charge is -2.43. The monoisotopic (exact) mass is 583 g/mol. The van der Waals surface area contributed by atoms with Crippen LogP contribution in [0.3, 0.4) is 0 Å². The number of carbonyl (C=O) groups excluding carboxylic acids is 2. The molecule has 212 valence electrons. The zero-order chi connectivity index (χ0) is 27.5. The van der Waals surface area contributed by atoms with E-state index in [2.05, 4.69) is 15.5 Å². The predicted molar refractivity (Wildman–Crippen MR) is 154 cm³/mol. The number of aliphatic hydroxyl groups excluding tert-OH is 1. The van der Waals surface area contributed by atoms with E-state index in [1.165, 1.54) is 11.8 Å². The fourth-order valence-electron chi connectivity index (χ4n) is 5.51. The number of sulfone groups is 1. The van der Waals surface area contributed by atoms with Crippen LogP contribution in [-0.4, -0.2) is 95.3 Å². The summed E-state index contributed by atoms with van der Waals surface area (Å²) in [6.07, 6.45) is 1.25. The number of fused-ring (bicyclic) bond motifs is 1. The van der Waals surface area contributed by atoms with Gasteiger partial charge in [0, 0.05) is 34.5 Å². The average molecular weight is 584 g/mol. The third-order valence-corrected chi connectivity index (χ3v) is 11.9. The fourth-order valence-corrected chi connectivity index (χ4v) is 9.83. The Labute approximate surface area is 235 Å². The van der Waals surface area contributed by atoms with Gasteiger partial charge in [0.05, 0.1) is 35.6 Å². The molecular weight excluding hydrogens is 543 g/mol. The third kappa shape index (κ3) is 8.13. The smallest absolute Gasteiger partial charge is 0.237 e. The minimum atomic E-state index is -3.20. The molecule has 0 spiro atoms. The van der Waals surface area contributed by atoms with Gasteiger partial charge in [0.2, 0.25) is 11.8 Å². The molecule has 5 unspecified atom stereocenters. The van der Waals surface area contributed by atoms with Crippen molar-refractivity contribution in [1.82, 2.24) is 15.5 Å². The zero-order valence-corrected chi connectivity index (χ0v) is 24.9. The molecule has 3 heterocycles. The number of hydrogen-bond acceptors (Lipinski definition) is 8. The Morgan fingerprint density at radius 3 is 2.58 bits per heavy atom. The molecule has 0 bridgehead atoms. The van der Waals surface area contributed by atoms with Crippen molar-refractivity contribution in [3.63, 3.8) is 0 Å². The first kappa shape index (κ1) is 29.7. The summed E-state index contributed by atoms with van der Waals surface area (Å²) in [6.45, 7) is 6.91. The number of nitrogens with zero attached hydrogens (tertiary/aromatic N) is 1. The molecule has 1 aromatic carbocycles. The van der Waals surface area contributed by atoms with Crippen LogP contribution in [0.2, 0.25) is 0 Å². The van der Waals surface area contributed by atoms with Gasteiger partial charge in [0.25, 0.3) is 0 Å². The highest BCUT2D eigenvalue weighted by Gasteiger charge is 2.43. The van der Waals surface area contributed by atoms with Gasteiger partial charge in [0.15, 0.2) is 9.84 Å². The molecule has 3 saturated heterocycles. The Hall–Kier alpha value is -1.27. The molecule has 3 N–H and O–H groups in total. The molecule has 11 heteroatoms. The molecule has 0 aromatic heterocycles. The van der Waals surface area contributed by atoms with E-state index < -0.39 is 27.9 Å². The van der Waals surface area contributed by atoms with E-state index in [0.717, 1.165) is 30.0 Å². The Balaban J connectivity index is 1.48. The average Bonchev–Trinajstić information content (AvgIpc) is 3.45. The van der Waals surface area contributed by atoms with Crippen molar-refractivity contribution < 1.29 is 23.1 Å². The molecule has 0 aliphatic carbocycles. The SMILES string of the molecule is CC(C)(C)NC(=O)[C@@H]1CC2SCCC2CN1CC(O)C(CSc1ccccc1)NC(=O)C1CCS(=O)(=O)C1. The van der Waals surface area contributed by atoms with E-state index in [-0.39, 0.29) is 41.4 Å². The molecule has 0 saturated carbocycles. The highest BCUT2D eigenvalue weighted by molar-refractivity contribution is 8.00. The Bertz CT molecular complexity index is 1080. The van der Waals surface area contributed by atoms with Gasteiger partial charge in [-0.05, 0) is 63.8 Å². The maximum absolute atomic E-state index is 13.3. The largest absolute Gasteiger partial charge is 0.390 e. The van der Waals surface area contributed by atoms with E-state index in [9.17, 15) is 23.1 Å². The molecule has 6 atom stereocenters. The number of nitrogens with one attached hydrogen (secondary N) is 2. The van der Waals surface area contributed by atoms with Gasteiger partial charge in [-0.3, -0.25) is 14.5 Å². The molecule has 3 aliphatic heterocycles. The molecule has 0 radical (unpaired) electrons. The summed E-state index contributed by atoms with van der Waals surface area (Å²) in [5.74, 6) is 0.962. The van der Waals surface area contributed by atoms with E-state index in [1.54, 1.807) is 0 Å². The number of benzene rings is 1. The number of amides is 2. The van der Waals surface area contributed by atoms with Gasteiger partial charge in [0.1, 0.15) is 0 Å². The lowest BCUT2D eigenvalue weighted by atomic mass is 9.89. The third-order valence-electron chi connectivity index (χ3n) is 7.50. The van der Waals surface area contributed by atoms with Crippen LogP contribution in [0.25, 0.3) is 0 Å². The second kappa shape index (κ2) is 12.5. The number of rotatable bonds is 9. The minimum Gasteiger partial charge on any atom is -0.390 e. The Kier molecular flexibility index (Phi) is 9.77. The first-order chi connectivity index (χ1) is 17.9. The van der Waals surface area contributed by atoms with Crippen LogP contribution in [-0.2, 0) is 19.4 Å². The highest BCUT2D eigenvalue weighted by atomic mass is 32.2. The molecule has 38 heavy (non-hydrogen) atoms. The Morgan fingerprint density at radius 1 is 1.18 bits per heavy atom. The number of piperidine rings is 1. The summed E-state index contributed by atoms with van der Waals surface area (Å²) in [7, 11) is -3.20. The summed E-state index contributed by atoms with van der Waals surface area (Å²) < 4.78 is 23.9. The lowest BCUT2D eigenvalue weighted by Crippen LogP contribution is -2.60. The predicted octanol–water partition coefficient (Wildman–Crippen LogP) is 2.17. The molecule has 4 rings (SSSR count). The summed E-state index contributed by atoms with van der Waals surface area (Å²) >= 11 is 3.48. The topological polar surface area (TPSA) is 116 Å². The van der Waals surface area contributed by atoms with Crippen molar-refractivity contribution in [3.8, 4) is 0 Å². The van der Waals surface area contributed by atoms with Crippen molar-refractivity contribution in [3.05, 3.63) is 30.3 Å². The van der Waals surface area contributed by atoms with Crippen molar-refractivity contribution in [1.29, 1.82) is 0 Å². The molecule has 8 nitrogen and oxygen atoms in total. The number of likely N-dealkylation sites (tertiary alicyclic amines) is 1. The number of hydrogen-bond donors (Lipinski definition) is 3. The van der Waals surface area contributed by atoms with E-state index >= 15 is 0 Å². The van der Waals surface area contributed by atoms with Crippen LogP contribution in [0.15, 0.2) is 35.2 Å². The number of β-amino-alcohol motifs (C(OH)–C–C–N with tert-alkyl or cyclic N) is 1. The van der Waals surface area contributed by atoms with Crippen LogP contribution in [0.4, 0.5) is 0 Å². The second-order valence-corrected chi connectivity index (χ2v) is 16.5. The first-order valence-electron chi connectivity index (χ1n) is 13.4. The van der Waals surface area contributed by atoms with Crippen LogP contribution in [0, 0.1) is 11.8 Å². The highest BCUT2D eigenvalue weighted by Crippen LogP contribution is 2.40. The summed E-state index contributed by atoms with van der Waals surface area (Å²) in [5.41, 5.74) is -0.356. The summed E-state index contributed by atoms with van der Waals surface area (Å²) in [6, 6.07) is 8.86. The van der Waals surface area contributed by atoms with Gasteiger partial charge >= 0.3 is 0 Å². The van der Waals surface area contributed by atoms with Crippen molar-refractivity contribution in [2.75, 3.05) is 36.1 Å². The molecule has 2 amide bonds. The van der Waals surface area contributed by atoms with Crippen molar-refractivity contribution >= 4 is 45.2 Å². The van der Waals surface area contributed by atoms with Crippen molar-refractivity contribution in [2.45, 2.75) is 73.9 Å². The normalized spacial score (nSPS) is 28.8. The standard InChI is InChI=1S/C27H41N3O5S3/c1-27(2,3)29-26(33)22-13-24-18(9-11-36-24)14-30(22)15-23(31)21(16-37-20-7-5-4-6-8-20)28-25(32)19-10-12-38(34,35)17-19/h4-8,18-19,21-24,31H,9-17H2,1-3H3,(H,28,32)(H,29,33)/t18?,19?,21?,22-,23?,24?/m0/s1. The zero-order valence-electron chi connectivity index (χ0n) is 22.5. The summed E-state index contributed by atoms with van der Waals surface area (Å²) in [4.78, 5) is 29.5. The molecular formula is C27H41N3O5S3. The number of thioether (sulfide) groups is 2. The van der Waals surface area contributed by atoms with Gasteiger partial charge in [-0.15, -0.1) is 11.8 Å². The maximum atomic E-state index is 13.3. The van der Waals surface area contributed by atoms with Gasteiger partial charge < -0.3 is 15.7 Å². The quantitative estimate of drug-likeness (QED) is 0.379. The van der Waals surface area contributed by atoms with Crippen LogP contribution in [0.1, 0.15) is 40.0 Å². The maximum Gasteiger partial charge on any atom is 0.237 e. The fraction of sp³-hybridized carbons (Fsp3) is 0.704. The molecule has 3 aliphatic rings. The lowest BCUT2D eigenvalue weighted by molar-refractivity contribution is -0.131. The van der Waals surface area contributed by atoms with Crippen LogP contribution in [0.5, 0.6) is 0 Å². The van der Waals surface area contributed by atoms with E-state index in [0.29, 0.717) is 23.3 Å². The van der Waals surface area contributed by atoms with Crippen LogP contribution >= 0.6 is 23.5 Å². The number of carbonyl (C=O) groups is 2. The number of aliphatic hydroxyl groups is 1. The van der Waals surface area contributed by atoms with Gasteiger partial charge in [-0.25, -0.2) is 8.42 Å². The first-order valence-corrected chi connectivity index (χ1v) is 17.3. The summed E-state index contributed by atoms with van der Waals surface area (Å²) in [5, 5.41) is 18.0. The molecule has 1 aromatic rings. The van der Waals surface area contributed by atoms with E-state index in [4.69, 9.17) is 0 Å². The molecule has 3 fully saturated rings. The Morgan fingerprint density at radius 2 is 1.92 bits per heavy atom.